The molecule has 0 aliphatic carbocycles. The molecule has 3 aromatic rings. The fraction of sp³-hybridized carbons (Fsp3) is 0.211. The van der Waals surface area contributed by atoms with E-state index in [4.69, 9.17) is 9.15 Å². The topological polar surface area (TPSA) is 39.4 Å². The van der Waals surface area contributed by atoms with E-state index in [1.165, 1.54) is 19.2 Å². The van der Waals surface area contributed by atoms with Crippen LogP contribution in [0.1, 0.15) is 16.9 Å². The second kappa shape index (κ2) is 5.95. The molecule has 0 aliphatic heterocycles. The van der Waals surface area contributed by atoms with Crippen LogP contribution >= 0.6 is 0 Å². The monoisotopic (exact) mass is 348 g/mol. The van der Waals surface area contributed by atoms with Crippen molar-refractivity contribution in [1.29, 1.82) is 0 Å². The van der Waals surface area contributed by atoms with E-state index in [0.29, 0.717) is 16.9 Å². The van der Waals surface area contributed by atoms with Gasteiger partial charge in [0.05, 0.1) is 18.1 Å². The van der Waals surface area contributed by atoms with Gasteiger partial charge in [-0.25, -0.2) is 0 Å². The van der Waals surface area contributed by atoms with E-state index in [2.05, 4.69) is 0 Å². The Morgan fingerprint density at radius 3 is 2.32 bits per heavy atom. The Balaban J connectivity index is 2.51. The van der Waals surface area contributed by atoms with Crippen LogP contribution < -0.4 is 10.2 Å². The van der Waals surface area contributed by atoms with E-state index in [0.717, 1.165) is 0 Å². The molecule has 2 aromatic carbocycles. The number of hydrogen-bond acceptors (Lipinski definition) is 3. The molecule has 0 saturated heterocycles. The van der Waals surface area contributed by atoms with Gasteiger partial charge in [-0.05, 0) is 37.1 Å². The minimum Gasteiger partial charge on any atom is -0.496 e. The molecule has 0 atom stereocenters. The zero-order valence-electron chi connectivity index (χ0n) is 13.8. The quantitative estimate of drug-likeness (QED) is 0.646. The van der Waals surface area contributed by atoms with Gasteiger partial charge in [0.2, 0.25) is 11.2 Å². The lowest BCUT2D eigenvalue weighted by atomic mass is 9.97. The van der Waals surface area contributed by atoms with Gasteiger partial charge < -0.3 is 9.15 Å². The molecule has 0 radical (unpaired) electrons. The summed E-state index contributed by atoms with van der Waals surface area (Å²) in [5.74, 6) is -0.942. The molecule has 0 spiro atoms. The third-order valence-corrected chi connectivity index (χ3v) is 4.15. The first kappa shape index (κ1) is 17.1. The highest BCUT2D eigenvalue weighted by molar-refractivity contribution is 5.87. The van der Waals surface area contributed by atoms with Gasteiger partial charge in [0, 0.05) is 5.56 Å². The average Bonchev–Trinajstić information content (AvgIpc) is 2.55. The van der Waals surface area contributed by atoms with Gasteiger partial charge in [-0.15, -0.1) is 0 Å². The molecule has 25 heavy (non-hydrogen) atoms. The summed E-state index contributed by atoms with van der Waals surface area (Å²) < 4.78 is 51.2. The van der Waals surface area contributed by atoms with Crippen LogP contribution in [0.25, 0.3) is 22.1 Å². The molecule has 6 heteroatoms. The van der Waals surface area contributed by atoms with Crippen LogP contribution in [0.5, 0.6) is 5.75 Å². The van der Waals surface area contributed by atoms with Gasteiger partial charge in [-0.3, -0.25) is 4.79 Å². The van der Waals surface area contributed by atoms with Crippen LogP contribution in [0.15, 0.2) is 45.6 Å². The second-order valence-electron chi connectivity index (χ2n) is 5.72. The smallest absolute Gasteiger partial charge is 0.450 e. The van der Waals surface area contributed by atoms with Gasteiger partial charge in [-0.2, -0.15) is 13.2 Å². The zero-order chi connectivity index (χ0) is 18.4. The first-order chi connectivity index (χ1) is 11.8. The summed E-state index contributed by atoms with van der Waals surface area (Å²) in [6.07, 6.45) is -4.81. The molecule has 0 fully saturated rings. The maximum absolute atomic E-state index is 13.6. The van der Waals surface area contributed by atoms with Gasteiger partial charge in [-0.1, -0.05) is 24.3 Å². The van der Waals surface area contributed by atoms with Crippen molar-refractivity contribution >= 4 is 11.0 Å². The molecule has 3 rings (SSSR count). The minimum absolute atomic E-state index is 0.0875. The third-order valence-electron chi connectivity index (χ3n) is 4.15. The Kier molecular flexibility index (Phi) is 4.06. The standard InChI is InChI=1S/C19H15F3O3/c1-10-6-4-5-7-12(10)15-16(23)13-8-9-14(24-3)11(2)17(13)25-18(15)19(20,21)22/h4-9H,1-3H3. The van der Waals surface area contributed by atoms with Crippen molar-refractivity contribution in [2.24, 2.45) is 0 Å². The summed E-state index contributed by atoms with van der Waals surface area (Å²) in [5, 5.41) is 0.0875. The van der Waals surface area contributed by atoms with Crippen LogP contribution in [-0.2, 0) is 6.18 Å². The predicted octanol–water partition coefficient (Wildman–Crippen LogP) is 5.10. The highest BCUT2D eigenvalue weighted by Gasteiger charge is 2.39. The molecule has 0 saturated carbocycles. The molecule has 0 N–H and O–H groups in total. The Labute approximate surface area is 141 Å². The fourth-order valence-corrected chi connectivity index (χ4v) is 2.89. The molecule has 1 aromatic heterocycles. The molecular weight excluding hydrogens is 333 g/mol. The largest absolute Gasteiger partial charge is 0.496 e. The highest BCUT2D eigenvalue weighted by Crippen LogP contribution is 2.39. The lowest BCUT2D eigenvalue weighted by Crippen LogP contribution is -2.17. The van der Waals surface area contributed by atoms with Crippen LogP contribution in [-0.4, -0.2) is 7.11 Å². The van der Waals surface area contributed by atoms with E-state index < -0.39 is 22.9 Å². The number of fused-ring (bicyclic) bond motifs is 1. The maximum Gasteiger partial charge on any atom is 0.450 e. The zero-order valence-corrected chi connectivity index (χ0v) is 13.8. The Morgan fingerprint density at radius 1 is 1.04 bits per heavy atom. The van der Waals surface area contributed by atoms with Crippen LogP contribution in [0.2, 0.25) is 0 Å². The van der Waals surface area contributed by atoms with Crippen molar-refractivity contribution in [3.05, 3.63) is 63.5 Å². The van der Waals surface area contributed by atoms with Crippen molar-refractivity contribution in [3.8, 4) is 16.9 Å². The summed E-state index contributed by atoms with van der Waals surface area (Å²) >= 11 is 0. The first-order valence-electron chi connectivity index (χ1n) is 7.53. The van der Waals surface area contributed by atoms with Crippen LogP contribution in [0.4, 0.5) is 13.2 Å². The number of rotatable bonds is 2. The van der Waals surface area contributed by atoms with Gasteiger partial charge >= 0.3 is 6.18 Å². The number of benzene rings is 2. The Hall–Kier alpha value is -2.76. The molecule has 1 heterocycles. The summed E-state index contributed by atoms with van der Waals surface area (Å²) in [6, 6.07) is 9.39. The highest BCUT2D eigenvalue weighted by atomic mass is 19.4. The van der Waals surface area contributed by atoms with Crippen molar-refractivity contribution in [1.82, 2.24) is 0 Å². The molecule has 3 nitrogen and oxygen atoms in total. The lowest BCUT2D eigenvalue weighted by molar-refractivity contribution is -0.152. The molecule has 0 amide bonds. The second-order valence-corrected chi connectivity index (χ2v) is 5.72. The molecule has 0 aliphatic rings. The van der Waals surface area contributed by atoms with Crippen molar-refractivity contribution in [3.63, 3.8) is 0 Å². The SMILES string of the molecule is COc1ccc2c(=O)c(-c3ccccc3C)c(C(F)(F)F)oc2c1C. The average molecular weight is 348 g/mol. The number of alkyl halides is 3. The fourth-order valence-electron chi connectivity index (χ4n) is 2.89. The van der Waals surface area contributed by atoms with Gasteiger partial charge in [0.15, 0.2) is 0 Å². The summed E-state index contributed by atoms with van der Waals surface area (Å²) in [5.41, 5.74) is -0.187. The van der Waals surface area contributed by atoms with Crippen LogP contribution in [0.3, 0.4) is 0 Å². The number of methoxy groups -OCH3 is 1. The van der Waals surface area contributed by atoms with E-state index in [1.54, 1.807) is 38.1 Å². The van der Waals surface area contributed by atoms with Crippen molar-refractivity contribution in [2.45, 2.75) is 20.0 Å². The first-order valence-corrected chi connectivity index (χ1v) is 7.53. The van der Waals surface area contributed by atoms with Crippen LogP contribution in [0, 0.1) is 13.8 Å². The number of aryl methyl sites for hydroxylation is 2. The summed E-state index contributed by atoms with van der Waals surface area (Å²) in [7, 11) is 1.40. The third kappa shape index (κ3) is 2.77. The van der Waals surface area contributed by atoms with Crippen molar-refractivity contribution < 1.29 is 22.3 Å². The molecular formula is C19H15F3O3. The number of ether oxygens (including phenoxy) is 1. The minimum atomic E-state index is -4.81. The molecule has 0 unspecified atom stereocenters. The Bertz CT molecular complexity index is 1020. The number of halogens is 3. The lowest BCUT2D eigenvalue weighted by Gasteiger charge is -2.15. The predicted molar refractivity (Wildman–Crippen MR) is 88.9 cm³/mol. The maximum atomic E-state index is 13.6. The summed E-state index contributed by atoms with van der Waals surface area (Å²) in [6.45, 7) is 3.20. The van der Waals surface area contributed by atoms with E-state index in [-0.39, 0.29) is 16.5 Å². The van der Waals surface area contributed by atoms with Crippen molar-refractivity contribution in [2.75, 3.05) is 7.11 Å². The summed E-state index contributed by atoms with van der Waals surface area (Å²) in [4.78, 5) is 12.9. The Morgan fingerprint density at radius 2 is 1.72 bits per heavy atom. The molecule has 130 valence electrons. The van der Waals surface area contributed by atoms with E-state index in [1.807, 2.05) is 0 Å². The normalized spacial score (nSPS) is 11.8. The van der Waals surface area contributed by atoms with E-state index >= 15 is 0 Å². The van der Waals surface area contributed by atoms with Gasteiger partial charge in [0.25, 0.3) is 0 Å². The molecule has 0 bridgehead atoms. The van der Waals surface area contributed by atoms with E-state index in [9.17, 15) is 18.0 Å². The van der Waals surface area contributed by atoms with Gasteiger partial charge in [0.1, 0.15) is 11.3 Å². The number of hydrogen-bond donors (Lipinski definition) is 0.